The molecule has 9 heteroatoms. The number of ether oxygens (including phenoxy) is 1. The van der Waals surface area contributed by atoms with Crippen LogP contribution in [0.1, 0.15) is 12.0 Å². The van der Waals surface area contributed by atoms with E-state index in [9.17, 15) is 18.4 Å². The SMILES string of the molecule is CN1N=C2CCN(C(=O)C(N)COc3ccc(F)c(F)c3)C[C@@]2(Cc2ccccc2)C1=O. The number of piperidine rings is 1. The molecule has 32 heavy (non-hydrogen) atoms. The first-order chi connectivity index (χ1) is 15.3. The lowest BCUT2D eigenvalue weighted by atomic mass is 9.73. The first-order valence-corrected chi connectivity index (χ1v) is 10.3. The molecule has 1 saturated heterocycles. The quantitative estimate of drug-likeness (QED) is 0.741. The van der Waals surface area contributed by atoms with Gasteiger partial charge in [-0.05, 0) is 24.1 Å². The highest BCUT2D eigenvalue weighted by Crippen LogP contribution is 2.38. The van der Waals surface area contributed by atoms with Gasteiger partial charge < -0.3 is 15.4 Å². The fourth-order valence-corrected chi connectivity index (χ4v) is 4.27. The standard InChI is InChI=1S/C23H24F2N4O3/c1-28-22(31)23(12-15-5-3-2-4-6-15)14-29(10-9-20(23)27-28)21(30)19(26)13-32-16-7-8-17(24)18(25)11-16/h2-8,11,19H,9-10,12-14,26H2,1H3/t19?,23-/m1/s1. The van der Waals surface area contributed by atoms with Crippen LogP contribution in [-0.4, -0.2) is 60.2 Å². The second-order valence-corrected chi connectivity index (χ2v) is 8.12. The van der Waals surface area contributed by atoms with Crippen LogP contribution in [0.15, 0.2) is 53.6 Å². The number of fused-ring (bicyclic) bond motifs is 1. The largest absolute Gasteiger partial charge is 0.491 e. The average Bonchev–Trinajstić information content (AvgIpc) is 3.04. The van der Waals surface area contributed by atoms with Crippen molar-refractivity contribution in [2.45, 2.75) is 18.9 Å². The van der Waals surface area contributed by atoms with Crippen molar-refractivity contribution in [1.29, 1.82) is 0 Å². The molecule has 2 N–H and O–H groups in total. The number of nitrogens with two attached hydrogens (primary N) is 1. The highest BCUT2D eigenvalue weighted by Gasteiger charge is 2.53. The van der Waals surface area contributed by atoms with Gasteiger partial charge in [-0.2, -0.15) is 5.10 Å². The Morgan fingerprint density at radius 3 is 2.69 bits per heavy atom. The van der Waals surface area contributed by atoms with Crippen LogP contribution in [0.4, 0.5) is 8.78 Å². The number of hydrazone groups is 1. The Morgan fingerprint density at radius 2 is 1.97 bits per heavy atom. The maximum atomic E-state index is 13.4. The zero-order valence-corrected chi connectivity index (χ0v) is 17.6. The van der Waals surface area contributed by atoms with E-state index in [1.165, 1.54) is 11.1 Å². The van der Waals surface area contributed by atoms with Crippen molar-refractivity contribution in [1.82, 2.24) is 9.91 Å². The number of carbonyl (C=O) groups excluding carboxylic acids is 2. The summed E-state index contributed by atoms with van der Waals surface area (Å²) in [5.41, 5.74) is 6.87. The molecule has 0 spiro atoms. The molecule has 2 aliphatic heterocycles. The predicted molar refractivity (Wildman–Crippen MR) is 114 cm³/mol. The summed E-state index contributed by atoms with van der Waals surface area (Å²) in [5.74, 6) is -2.48. The van der Waals surface area contributed by atoms with E-state index in [0.717, 1.165) is 23.4 Å². The van der Waals surface area contributed by atoms with Gasteiger partial charge in [0.15, 0.2) is 11.6 Å². The first kappa shape index (κ1) is 21.9. The van der Waals surface area contributed by atoms with Crippen molar-refractivity contribution in [3.8, 4) is 5.75 Å². The molecule has 7 nitrogen and oxygen atoms in total. The Hall–Kier alpha value is -3.33. The van der Waals surface area contributed by atoms with E-state index in [1.54, 1.807) is 11.9 Å². The van der Waals surface area contributed by atoms with Crippen LogP contribution in [0, 0.1) is 17.0 Å². The molecule has 2 atom stereocenters. The molecule has 2 aromatic carbocycles. The summed E-state index contributed by atoms with van der Waals surface area (Å²) in [5, 5.41) is 5.78. The van der Waals surface area contributed by atoms with E-state index in [1.807, 2.05) is 30.3 Å². The number of nitrogens with zero attached hydrogens (tertiary/aromatic N) is 3. The summed E-state index contributed by atoms with van der Waals surface area (Å²) in [4.78, 5) is 27.7. The summed E-state index contributed by atoms with van der Waals surface area (Å²) in [7, 11) is 1.62. The molecule has 2 aliphatic rings. The third kappa shape index (κ3) is 4.08. The van der Waals surface area contributed by atoms with Crippen LogP contribution in [0.3, 0.4) is 0 Å². The number of halogens is 2. The van der Waals surface area contributed by atoms with E-state index < -0.39 is 23.1 Å². The highest BCUT2D eigenvalue weighted by molar-refractivity contribution is 6.13. The molecular weight excluding hydrogens is 418 g/mol. The number of amides is 2. The number of likely N-dealkylation sites (tertiary alicyclic amines) is 1. The highest BCUT2D eigenvalue weighted by atomic mass is 19.2. The maximum Gasteiger partial charge on any atom is 0.256 e. The van der Waals surface area contributed by atoms with Gasteiger partial charge in [0.2, 0.25) is 5.91 Å². The minimum atomic E-state index is -1.04. The van der Waals surface area contributed by atoms with E-state index in [0.29, 0.717) is 19.4 Å². The van der Waals surface area contributed by atoms with Gasteiger partial charge in [0.05, 0.1) is 5.71 Å². The molecule has 2 amide bonds. The Kier molecular flexibility index (Phi) is 5.92. The minimum Gasteiger partial charge on any atom is -0.491 e. The summed E-state index contributed by atoms with van der Waals surface area (Å²) in [6.45, 7) is 0.344. The van der Waals surface area contributed by atoms with E-state index in [2.05, 4.69) is 5.10 Å². The lowest BCUT2D eigenvalue weighted by Gasteiger charge is -2.40. The Labute approximate surface area is 184 Å². The number of hydrogen-bond acceptors (Lipinski definition) is 5. The lowest BCUT2D eigenvalue weighted by molar-refractivity contribution is -0.140. The van der Waals surface area contributed by atoms with Gasteiger partial charge in [-0.3, -0.25) is 9.59 Å². The summed E-state index contributed by atoms with van der Waals surface area (Å²) >= 11 is 0. The van der Waals surface area contributed by atoms with E-state index in [-0.39, 0.29) is 30.7 Å². The predicted octanol–water partition coefficient (Wildman–Crippen LogP) is 1.96. The third-order valence-corrected chi connectivity index (χ3v) is 5.90. The van der Waals surface area contributed by atoms with Crippen molar-refractivity contribution in [3.63, 3.8) is 0 Å². The number of rotatable bonds is 6. The van der Waals surface area contributed by atoms with Crippen LogP contribution >= 0.6 is 0 Å². The van der Waals surface area contributed by atoms with Gasteiger partial charge in [0, 0.05) is 32.6 Å². The molecule has 0 aliphatic carbocycles. The second kappa shape index (κ2) is 8.66. The smallest absolute Gasteiger partial charge is 0.256 e. The fourth-order valence-electron chi connectivity index (χ4n) is 4.27. The molecule has 2 aromatic rings. The van der Waals surface area contributed by atoms with Crippen LogP contribution in [-0.2, 0) is 16.0 Å². The van der Waals surface area contributed by atoms with E-state index >= 15 is 0 Å². The monoisotopic (exact) mass is 442 g/mol. The molecule has 4 rings (SSSR count). The summed E-state index contributed by atoms with van der Waals surface area (Å²) < 4.78 is 31.8. The van der Waals surface area contributed by atoms with Crippen molar-refractivity contribution in [3.05, 3.63) is 65.7 Å². The van der Waals surface area contributed by atoms with Crippen molar-refractivity contribution < 1.29 is 23.1 Å². The van der Waals surface area contributed by atoms with Gasteiger partial charge in [0.1, 0.15) is 23.8 Å². The molecule has 2 heterocycles. The van der Waals surface area contributed by atoms with Gasteiger partial charge in [-0.25, -0.2) is 13.8 Å². The normalized spacial score (nSPS) is 21.2. The molecule has 0 bridgehead atoms. The van der Waals surface area contributed by atoms with Crippen LogP contribution in [0.25, 0.3) is 0 Å². The van der Waals surface area contributed by atoms with Crippen molar-refractivity contribution in [2.75, 3.05) is 26.7 Å². The Bertz CT molecular complexity index is 1060. The molecule has 0 aromatic heterocycles. The molecule has 1 fully saturated rings. The Balaban J connectivity index is 1.48. The van der Waals surface area contributed by atoms with Crippen LogP contribution in [0.5, 0.6) is 5.75 Å². The first-order valence-electron chi connectivity index (χ1n) is 10.3. The Morgan fingerprint density at radius 1 is 1.22 bits per heavy atom. The number of hydrogen-bond donors (Lipinski definition) is 1. The molecule has 0 saturated carbocycles. The van der Waals surface area contributed by atoms with Gasteiger partial charge >= 0.3 is 0 Å². The maximum absolute atomic E-state index is 13.4. The fraction of sp³-hybridized carbons (Fsp3) is 0.348. The van der Waals surface area contributed by atoms with Crippen molar-refractivity contribution in [2.24, 2.45) is 16.3 Å². The van der Waals surface area contributed by atoms with Crippen LogP contribution < -0.4 is 10.5 Å². The van der Waals surface area contributed by atoms with Crippen molar-refractivity contribution >= 4 is 17.5 Å². The van der Waals surface area contributed by atoms with Gasteiger partial charge in [-0.1, -0.05) is 30.3 Å². The topological polar surface area (TPSA) is 88.2 Å². The average molecular weight is 442 g/mol. The molecule has 0 radical (unpaired) electrons. The molecular formula is C23H24F2N4O3. The van der Waals surface area contributed by atoms with Crippen LogP contribution in [0.2, 0.25) is 0 Å². The molecule has 168 valence electrons. The van der Waals surface area contributed by atoms with Gasteiger partial charge in [-0.15, -0.1) is 0 Å². The van der Waals surface area contributed by atoms with E-state index in [4.69, 9.17) is 10.5 Å². The number of carbonyl (C=O) groups is 2. The molecule has 1 unspecified atom stereocenters. The lowest BCUT2D eigenvalue weighted by Crippen LogP contribution is -2.58. The minimum absolute atomic E-state index is 0.0772. The third-order valence-electron chi connectivity index (χ3n) is 5.90. The summed E-state index contributed by atoms with van der Waals surface area (Å²) in [6, 6.07) is 11.7. The zero-order valence-electron chi connectivity index (χ0n) is 17.6. The second-order valence-electron chi connectivity index (χ2n) is 8.12. The zero-order chi connectivity index (χ0) is 22.9. The van der Waals surface area contributed by atoms with Gasteiger partial charge in [0.25, 0.3) is 5.91 Å². The summed E-state index contributed by atoms with van der Waals surface area (Å²) in [6.07, 6.45) is 0.894. The number of benzene rings is 2.